The molecule has 0 aliphatic carbocycles. The summed E-state index contributed by atoms with van der Waals surface area (Å²) in [5.74, 6) is 0.0671. The Labute approximate surface area is 131 Å². The zero-order valence-corrected chi connectivity index (χ0v) is 13.6. The fraction of sp³-hybridized carbons (Fsp3) is 0.471. The molecule has 1 heterocycles. The van der Waals surface area contributed by atoms with Gasteiger partial charge in [0.1, 0.15) is 17.5 Å². The van der Waals surface area contributed by atoms with Crippen LogP contribution in [0.15, 0.2) is 18.2 Å². The molecule has 0 fully saturated rings. The van der Waals surface area contributed by atoms with Crippen LogP contribution < -0.4 is 10.1 Å². The molecule has 1 unspecified atom stereocenters. The van der Waals surface area contributed by atoms with Gasteiger partial charge in [0.2, 0.25) is 0 Å². The van der Waals surface area contributed by atoms with E-state index < -0.39 is 5.97 Å². The van der Waals surface area contributed by atoms with Gasteiger partial charge in [-0.15, -0.1) is 0 Å². The third-order valence-electron chi connectivity index (χ3n) is 3.82. The maximum atomic E-state index is 12.2. The van der Waals surface area contributed by atoms with Crippen molar-refractivity contribution in [2.24, 2.45) is 0 Å². The van der Waals surface area contributed by atoms with Gasteiger partial charge >= 0.3 is 5.97 Å². The normalized spacial score (nSPS) is 16.4. The summed E-state index contributed by atoms with van der Waals surface area (Å²) in [6, 6.07) is 3.78. The van der Waals surface area contributed by atoms with Crippen molar-refractivity contribution in [1.29, 1.82) is 0 Å². The summed E-state index contributed by atoms with van der Waals surface area (Å²) in [7, 11) is 4.54. The second kappa shape index (κ2) is 7.31. The fourth-order valence-electron chi connectivity index (χ4n) is 2.64. The average molecular weight is 305 g/mol. The quantitative estimate of drug-likeness (QED) is 0.816. The van der Waals surface area contributed by atoms with Crippen molar-refractivity contribution in [1.82, 2.24) is 0 Å². The summed E-state index contributed by atoms with van der Waals surface area (Å²) in [5.41, 5.74) is 3.30. The Morgan fingerprint density at radius 3 is 2.64 bits per heavy atom. The summed E-state index contributed by atoms with van der Waals surface area (Å²) in [4.78, 5) is 12.2. The first-order valence-electron chi connectivity index (χ1n) is 7.45. The number of allylic oxidation sites excluding steroid dienone is 1. The molecule has 5 nitrogen and oxygen atoms in total. The lowest BCUT2D eigenvalue weighted by Gasteiger charge is -2.28. The Balaban J connectivity index is 2.55. The van der Waals surface area contributed by atoms with Crippen LogP contribution in [0.3, 0.4) is 0 Å². The summed E-state index contributed by atoms with van der Waals surface area (Å²) in [5, 5.41) is 3.23. The standard InChI is InChI=1S/C17H23NO4/c1-5-6-7-11-10-14(21-3)18-16-12(11)8-9-13(20-2)15(16)17(19)22-4/h8-10,14,18H,5-7H2,1-4H3. The molecule has 0 aromatic heterocycles. The van der Waals surface area contributed by atoms with Crippen molar-refractivity contribution in [3.63, 3.8) is 0 Å². The Morgan fingerprint density at radius 1 is 1.27 bits per heavy atom. The molecule has 2 rings (SSSR count). The van der Waals surface area contributed by atoms with E-state index in [0.717, 1.165) is 24.8 Å². The van der Waals surface area contributed by atoms with E-state index >= 15 is 0 Å². The van der Waals surface area contributed by atoms with Crippen LogP contribution in [0.1, 0.15) is 42.1 Å². The number of ether oxygens (including phenoxy) is 3. The number of hydrogen-bond donors (Lipinski definition) is 1. The molecule has 1 aliphatic heterocycles. The van der Waals surface area contributed by atoms with Crippen LogP contribution in [0, 0.1) is 0 Å². The number of benzene rings is 1. The Bertz CT molecular complexity index is 580. The molecule has 1 aromatic rings. The first-order valence-corrected chi connectivity index (χ1v) is 7.45. The first-order chi connectivity index (χ1) is 10.7. The second-order valence-corrected chi connectivity index (χ2v) is 5.15. The van der Waals surface area contributed by atoms with Crippen LogP contribution in [0.25, 0.3) is 5.57 Å². The van der Waals surface area contributed by atoms with Crippen LogP contribution in [0.5, 0.6) is 5.75 Å². The molecule has 120 valence electrons. The van der Waals surface area contributed by atoms with Crippen molar-refractivity contribution >= 4 is 17.2 Å². The van der Waals surface area contributed by atoms with Crippen LogP contribution >= 0.6 is 0 Å². The summed E-state index contributed by atoms with van der Waals surface area (Å²) < 4.78 is 15.6. The fourth-order valence-corrected chi connectivity index (χ4v) is 2.64. The van der Waals surface area contributed by atoms with Gasteiger partial charge in [-0.2, -0.15) is 0 Å². The van der Waals surface area contributed by atoms with Crippen molar-refractivity contribution in [2.45, 2.75) is 32.4 Å². The van der Waals surface area contributed by atoms with Crippen molar-refractivity contribution in [2.75, 3.05) is 26.6 Å². The van der Waals surface area contributed by atoms with Gasteiger partial charge in [-0.1, -0.05) is 13.3 Å². The monoisotopic (exact) mass is 305 g/mol. The van der Waals surface area contributed by atoms with Crippen LogP contribution in [0.2, 0.25) is 0 Å². The number of hydrogen-bond acceptors (Lipinski definition) is 5. The number of esters is 1. The Kier molecular flexibility index (Phi) is 5.44. The highest BCUT2D eigenvalue weighted by Gasteiger charge is 2.27. The zero-order valence-electron chi connectivity index (χ0n) is 13.6. The van der Waals surface area contributed by atoms with Crippen LogP contribution in [0.4, 0.5) is 5.69 Å². The summed E-state index contributed by atoms with van der Waals surface area (Å²) >= 11 is 0. The predicted octanol–water partition coefficient (Wildman–Crippen LogP) is 3.45. The van der Waals surface area contributed by atoms with Gasteiger partial charge in [-0.3, -0.25) is 0 Å². The molecule has 22 heavy (non-hydrogen) atoms. The first kappa shape index (κ1) is 16.4. The van der Waals surface area contributed by atoms with Gasteiger partial charge < -0.3 is 19.5 Å². The molecule has 5 heteroatoms. The molecule has 0 spiro atoms. The Morgan fingerprint density at radius 2 is 2.05 bits per heavy atom. The van der Waals surface area contributed by atoms with Gasteiger partial charge in [0.15, 0.2) is 0 Å². The number of methoxy groups -OCH3 is 3. The highest BCUT2D eigenvalue weighted by molar-refractivity contribution is 6.02. The van der Waals surface area contributed by atoms with E-state index in [9.17, 15) is 4.79 Å². The van der Waals surface area contributed by atoms with E-state index in [4.69, 9.17) is 14.2 Å². The maximum Gasteiger partial charge on any atom is 0.343 e. The SMILES string of the molecule is CCCCC1=CC(OC)Nc2c1ccc(OC)c2C(=O)OC. The number of anilines is 1. The minimum atomic E-state index is -0.423. The highest BCUT2D eigenvalue weighted by Crippen LogP contribution is 2.39. The predicted molar refractivity (Wildman–Crippen MR) is 86.3 cm³/mol. The lowest BCUT2D eigenvalue weighted by Crippen LogP contribution is -2.26. The largest absolute Gasteiger partial charge is 0.496 e. The highest BCUT2D eigenvalue weighted by atomic mass is 16.5. The van der Waals surface area contributed by atoms with Crippen molar-refractivity contribution < 1.29 is 19.0 Å². The number of nitrogens with one attached hydrogen (secondary N) is 1. The van der Waals surface area contributed by atoms with Gasteiger partial charge in [0, 0.05) is 12.7 Å². The molecule has 1 N–H and O–H groups in total. The van der Waals surface area contributed by atoms with E-state index in [0.29, 0.717) is 17.0 Å². The van der Waals surface area contributed by atoms with E-state index in [1.165, 1.54) is 12.7 Å². The second-order valence-electron chi connectivity index (χ2n) is 5.15. The molecular formula is C17H23NO4. The van der Waals surface area contributed by atoms with Gasteiger partial charge in [-0.05, 0) is 36.6 Å². The molecule has 0 amide bonds. The molecule has 0 bridgehead atoms. The maximum absolute atomic E-state index is 12.2. The molecule has 0 radical (unpaired) electrons. The van der Waals surface area contributed by atoms with Gasteiger partial charge in [0.25, 0.3) is 0 Å². The van der Waals surface area contributed by atoms with Crippen molar-refractivity contribution in [3.8, 4) is 5.75 Å². The topological polar surface area (TPSA) is 56.8 Å². The van der Waals surface area contributed by atoms with E-state index in [-0.39, 0.29) is 6.23 Å². The van der Waals surface area contributed by atoms with Crippen LogP contribution in [-0.2, 0) is 9.47 Å². The third-order valence-corrected chi connectivity index (χ3v) is 3.82. The lowest BCUT2D eigenvalue weighted by atomic mass is 9.92. The number of carbonyl (C=O) groups excluding carboxylic acids is 1. The molecule has 1 atom stereocenters. The van der Waals surface area contributed by atoms with E-state index in [1.807, 2.05) is 6.07 Å². The molecular weight excluding hydrogens is 282 g/mol. The molecule has 1 aromatic carbocycles. The van der Waals surface area contributed by atoms with Gasteiger partial charge in [0.05, 0.1) is 19.9 Å². The summed E-state index contributed by atoms with van der Waals surface area (Å²) in [6.45, 7) is 2.16. The lowest BCUT2D eigenvalue weighted by molar-refractivity contribution is 0.0597. The van der Waals surface area contributed by atoms with Gasteiger partial charge in [-0.25, -0.2) is 4.79 Å². The number of carbonyl (C=O) groups is 1. The van der Waals surface area contributed by atoms with Crippen LogP contribution in [-0.4, -0.2) is 33.5 Å². The Hall–Kier alpha value is -2.01. The average Bonchev–Trinajstić information content (AvgIpc) is 2.57. The third kappa shape index (κ3) is 3.09. The molecule has 0 saturated heterocycles. The zero-order chi connectivity index (χ0) is 16.1. The smallest absolute Gasteiger partial charge is 0.343 e. The molecule has 0 saturated carbocycles. The van der Waals surface area contributed by atoms with E-state index in [2.05, 4.69) is 18.3 Å². The number of unbranched alkanes of at least 4 members (excludes halogenated alkanes) is 1. The van der Waals surface area contributed by atoms with E-state index in [1.54, 1.807) is 20.3 Å². The minimum Gasteiger partial charge on any atom is -0.496 e. The van der Waals surface area contributed by atoms with Crippen molar-refractivity contribution in [3.05, 3.63) is 29.3 Å². The number of rotatable bonds is 6. The number of fused-ring (bicyclic) bond motifs is 1. The molecule has 1 aliphatic rings. The minimum absolute atomic E-state index is 0.269. The summed E-state index contributed by atoms with van der Waals surface area (Å²) in [6.07, 6.45) is 4.93.